The van der Waals surface area contributed by atoms with Gasteiger partial charge in [0.15, 0.2) is 0 Å². The van der Waals surface area contributed by atoms with E-state index in [0.29, 0.717) is 5.75 Å². The molecule has 0 amide bonds. The van der Waals surface area contributed by atoms with Crippen molar-refractivity contribution in [2.24, 2.45) is 17.8 Å². The van der Waals surface area contributed by atoms with Gasteiger partial charge >= 0.3 is 11.9 Å². The van der Waals surface area contributed by atoms with Crippen LogP contribution in [0.4, 0.5) is 0 Å². The number of carbonyl (C=O) groups is 2. The Kier molecular flexibility index (Phi) is 14.8. The number of benzene rings is 1. The first-order chi connectivity index (χ1) is 17.7. The smallest absolute Gasteiger partial charge is 0.303 e. The zero-order valence-corrected chi connectivity index (χ0v) is 25.1. The van der Waals surface area contributed by atoms with E-state index in [-0.39, 0.29) is 18.4 Å². The summed E-state index contributed by atoms with van der Waals surface area (Å²) in [6.07, 6.45) is 13.5. The van der Waals surface area contributed by atoms with Crippen LogP contribution >= 0.6 is 0 Å². The first kappa shape index (κ1) is 33.8. The summed E-state index contributed by atoms with van der Waals surface area (Å²) < 4.78 is 6.52. The van der Waals surface area contributed by atoms with Crippen molar-refractivity contribution in [1.82, 2.24) is 0 Å². The fourth-order valence-corrected chi connectivity index (χ4v) is 5.16. The van der Waals surface area contributed by atoms with Crippen LogP contribution in [0.15, 0.2) is 6.07 Å². The van der Waals surface area contributed by atoms with Crippen molar-refractivity contribution in [3.63, 3.8) is 0 Å². The number of aliphatic carboxylic acids is 2. The molecule has 0 aliphatic carbocycles. The minimum Gasteiger partial charge on any atom is -0.508 e. The minimum absolute atomic E-state index is 0.0637. The maximum atomic E-state index is 10.1. The zero-order chi connectivity index (χ0) is 28.9. The average Bonchev–Trinajstić information content (AvgIpc) is 2.82. The van der Waals surface area contributed by atoms with E-state index in [2.05, 4.69) is 41.5 Å². The summed E-state index contributed by atoms with van der Waals surface area (Å²) in [7, 11) is 0. The van der Waals surface area contributed by atoms with Gasteiger partial charge in [0.05, 0.1) is 12.8 Å². The molecule has 0 fully saturated rings. The number of aryl methyl sites for hydroxylation is 1. The van der Waals surface area contributed by atoms with Gasteiger partial charge in [0, 0.05) is 0 Å². The summed E-state index contributed by atoms with van der Waals surface area (Å²) in [5, 5.41) is 25.9. The van der Waals surface area contributed by atoms with Crippen molar-refractivity contribution in [3.8, 4) is 11.5 Å². The number of phenols is 1. The number of rotatable bonds is 15. The number of carboxylic acid groups (broad SMARTS) is 2. The highest BCUT2D eigenvalue weighted by Crippen LogP contribution is 2.42. The van der Waals surface area contributed by atoms with Crippen molar-refractivity contribution < 1.29 is 29.6 Å². The van der Waals surface area contributed by atoms with Gasteiger partial charge in [-0.3, -0.25) is 9.59 Å². The SMILES string of the molecule is Cc1c(O)cc2c(c1C)O[C@](C)(CCC[C@H](C)CCC[C@H](C)CCCC(C)C)CC2.O=C(O)CCC(=O)O. The molecular formula is C32H54O6. The van der Waals surface area contributed by atoms with E-state index in [9.17, 15) is 14.7 Å². The summed E-state index contributed by atoms with van der Waals surface area (Å²) in [5.41, 5.74) is 3.16. The zero-order valence-electron chi connectivity index (χ0n) is 25.1. The molecule has 1 aliphatic rings. The van der Waals surface area contributed by atoms with Gasteiger partial charge in [-0.15, -0.1) is 0 Å². The molecule has 3 N–H and O–H groups in total. The largest absolute Gasteiger partial charge is 0.508 e. The van der Waals surface area contributed by atoms with E-state index in [1.54, 1.807) is 0 Å². The van der Waals surface area contributed by atoms with E-state index in [0.717, 1.165) is 53.9 Å². The van der Waals surface area contributed by atoms with Crippen LogP contribution in [0.5, 0.6) is 11.5 Å². The lowest BCUT2D eigenvalue weighted by atomic mass is 9.85. The second-order valence-electron chi connectivity index (χ2n) is 12.3. The first-order valence-electron chi connectivity index (χ1n) is 14.7. The number of fused-ring (bicyclic) bond motifs is 1. The molecule has 6 heteroatoms. The fourth-order valence-electron chi connectivity index (χ4n) is 5.16. The van der Waals surface area contributed by atoms with Gasteiger partial charge in [-0.05, 0) is 87.0 Å². The molecule has 1 aromatic rings. The quantitative estimate of drug-likeness (QED) is 0.208. The maximum absolute atomic E-state index is 10.1. The predicted molar refractivity (Wildman–Crippen MR) is 154 cm³/mol. The number of hydrogen-bond donors (Lipinski definition) is 3. The topological polar surface area (TPSA) is 104 Å². The summed E-state index contributed by atoms with van der Waals surface area (Å²) in [4.78, 5) is 19.3. The standard InChI is InChI=1S/C28H48O2.C4H6O4/c1-20(2)11-8-12-21(3)13-9-14-22(4)15-10-17-28(7)18-16-25-19-26(29)23(5)24(6)27(25)30-28;5-3(6)1-2-4(7)8/h19-22,29H,8-18H2,1-7H3;1-2H2,(H,5,6)(H,7,8)/t21-,22-,28-;/m1./s1. The minimum atomic E-state index is -1.08. The highest BCUT2D eigenvalue weighted by atomic mass is 16.5. The van der Waals surface area contributed by atoms with Gasteiger partial charge in [-0.25, -0.2) is 0 Å². The molecule has 6 nitrogen and oxygen atoms in total. The Labute approximate surface area is 231 Å². The average molecular weight is 535 g/mol. The van der Waals surface area contributed by atoms with Crippen molar-refractivity contribution in [3.05, 3.63) is 22.8 Å². The van der Waals surface area contributed by atoms with Crippen LogP contribution in [0.1, 0.15) is 128 Å². The predicted octanol–water partition coefficient (Wildman–Crippen LogP) is 8.47. The number of carboxylic acids is 2. The van der Waals surface area contributed by atoms with Crippen LogP contribution in [-0.4, -0.2) is 32.9 Å². The molecule has 218 valence electrons. The van der Waals surface area contributed by atoms with Gasteiger partial charge in [-0.2, -0.15) is 0 Å². The normalized spacial score (nSPS) is 18.1. The molecule has 0 aromatic heterocycles. The molecule has 0 radical (unpaired) electrons. The molecule has 38 heavy (non-hydrogen) atoms. The summed E-state index contributed by atoms with van der Waals surface area (Å²) in [6.45, 7) is 15.9. The van der Waals surface area contributed by atoms with E-state index in [4.69, 9.17) is 14.9 Å². The Hall–Kier alpha value is -2.24. The number of phenolic OH excluding ortho intramolecular Hbond substituents is 1. The highest BCUT2D eigenvalue weighted by molar-refractivity contribution is 5.75. The molecule has 0 spiro atoms. The lowest BCUT2D eigenvalue weighted by Gasteiger charge is -2.37. The van der Waals surface area contributed by atoms with E-state index in [1.165, 1.54) is 56.9 Å². The summed E-state index contributed by atoms with van der Waals surface area (Å²) >= 11 is 0. The molecule has 1 aliphatic heterocycles. The molecule has 1 heterocycles. The third kappa shape index (κ3) is 13.0. The van der Waals surface area contributed by atoms with Crippen LogP contribution in [0.2, 0.25) is 0 Å². The molecule has 0 saturated heterocycles. The number of ether oxygens (including phenoxy) is 1. The Morgan fingerprint density at radius 3 is 1.87 bits per heavy atom. The number of aromatic hydroxyl groups is 1. The maximum Gasteiger partial charge on any atom is 0.303 e. The van der Waals surface area contributed by atoms with Gasteiger partial charge in [0.1, 0.15) is 17.1 Å². The van der Waals surface area contributed by atoms with Crippen molar-refractivity contribution >= 4 is 11.9 Å². The third-order valence-corrected chi connectivity index (χ3v) is 7.99. The van der Waals surface area contributed by atoms with Crippen molar-refractivity contribution in [2.75, 3.05) is 0 Å². The monoisotopic (exact) mass is 534 g/mol. The van der Waals surface area contributed by atoms with Crippen molar-refractivity contribution in [2.45, 2.75) is 138 Å². The lowest BCUT2D eigenvalue weighted by molar-refractivity contribution is -0.143. The van der Waals surface area contributed by atoms with E-state index < -0.39 is 11.9 Å². The molecule has 0 bridgehead atoms. The van der Waals surface area contributed by atoms with Crippen LogP contribution in [0, 0.1) is 31.6 Å². The first-order valence-corrected chi connectivity index (χ1v) is 14.7. The Morgan fingerprint density at radius 2 is 1.37 bits per heavy atom. The third-order valence-electron chi connectivity index (χ3n) is 7.99. The van der Waals surface area contributed by atoms with Crippen LogP contribution in [0.3, 0.4) is 0 Å². The van der Waals surface area contributed by atoms with Gasteiger partial charge in [0.2, 0.25) is 0 Å². The molecule has 3 atom stereocenters. The lowest BCUT2D eigenvalue weighted by Crippen LogP contribution is -2.36. The Balaban J connectivity index is 0.000000781. The van der Waals surface area contributed by atoms with Crippen molar-refractivity contribution in [1.29, 1.82) is 0 Å². The molecule has 0 unspecified atom stereocenters. The highest BCUT2D eigenvalue weighted by Gasteiger charge is 2.33. The Bertz CT molecular complexity index is 863. The van der Waals surface area contributed by atoms with Crippen LogP contribution in [-0.2, 0) is 16.0 Å². The summed E-state index contributed by atoms with van der Waals surface area (Å²) in [5.74, 6) is 1.82. The Morgan fingerprint density at radius 1 is 0.868 bits per heavy atom. The molecule has 0 saturated carbocycles. The fraction of sp³-hybridized carbons (Fsp3) is 0.750. The van der Waals surface area contributed by atoms with Gasteiger partial charge in [-0.1, -0.05) is 72.6 Å². The molecule has 1 aromatic carbocycles. The molecule has 2 rings (SSSR count). The van der Waals surface area contributed by atoms with E-state index in [1.807, 2.05) is 13.0 Å². The second kappa shape index (κ2) is 16.7. The van der Waals surface area contributed by atoms with Gasteiger partial charge < -0.3 is 20.1 Å². The second-order valence-corrected chi connectivity index (χ2v) is 12.3. The van der Waals surface area contributed by atoms with Crippen LogP contribution in [0.25, 0.3) is 0 Å². The van der Waals surface area contributed by atoms with Gasteiger partial charge in [0.25, 0.3) is 0 Å². The molecular weight excluding hydrogens is 480 g/mol. The number of hydrogen-bond acceptors (Lipinski definition) is 4. The van der Waals surface area contributed by atoms with Crippen LogP contribution < -0.4 is 4.74 Å². The summed E-state index contributed by atoms with van der Waals surface area (Å²) in [6, 6.07) is 1.91. The van der Waals surface area contributed by atoms with E-state index >= 15 is 0 Å².